The molecule has 0 N–H and O–H groups in total. The number of hydrogen-bond acceptors (Lipinski definition) is 19. The van der Waals surface area contributed by atoms with Gasteiger partial charge in [0.05, 0.1) is 121 Å². The number of benzene rings is 3. The summed E-state index contributed by atoms with van der Waals surface area (Å²) in [6, 6.07) is 33.5. The van der Waals surface area contributed by atoms with Crippen LogP contribution in [-0.4, -0.2) is 228 Å². The molecular formula is C106H124N24O9. The Morgan fingerprint density at radius 2 is 0.863 bits per heavy atom. The molecule has 0 aliphatic carbocycles. The molecule has 33 heteroatoms. The van der Waals surface area contributed by atoms with Gasteiger partial charge in [-0.25, -0.2) is 0 Å². The molecule has 0 spiro atoms. The fourth-order valence-corrected chi connectivity index (χ4v) is 22.2. The van der Waals surface area contributed by atoms with E-state index in [1.165, 1.54) is 50.7 Å². The van der Waals surface area contributed by atoms with Gasteiger partial charge in [0.2, 0.25) is 23.6 Å². The number of carbonyl (C=O) groups is 4. The molecule has 21 heterocycles. The molecule has 24 rings (SSSR count). The molecule has 4 fully saturated rings. The number of aromatic nitrogens is 19. The minimum Gasteiger partial charge on any atom is -0.497 e. The summed E-state index contributed by atoms with van der Waals surface area (Å²) in [5, 5.41) is 37.2. The van der Waals surface area contributed by atoms with Gasteiger partial charge >= 0.3 is 0 Å². The number of ether oxygens (including phenoxy) is 5. The van der Waals surface area contributed by atoms with Gasteiger partial charge in [0.15, 0.2) is 17.5 Å². The largest absolute Gasteiger partial charge is 0.497 e. The van der Waals surface area contributed by atoms with Crippen molar-refractivity contribution in [1.29, 1.82) is 0 Å². The van der Waals surface area contributed by atoms with Crippen LogP contribution in [0.1, 0.15) is 184 Å². The van der Waals surface area contributed by atoms with Crippen LogP contribution in [0, 0.1) is 13.8 Å². The summed E-state index contributed by atoms with van der Waals surface area (Å²) < 4.78 is 48.9. The van der Waals surface area contributed by atoms with Crippen LogP contribution in [0.4, 0.5) is 5.69 Å². The second kappa shape index (κ2) is 39.3. The lowest BCUT2D eigenvalue weighted by atomic mass is 9.92. The van der Waals surface area contributed by atoms with Crippen LogP contribution in [0.5, 0.6) is 5.75 Å². The van der Waals surface area contributed by atoms with Crippen LogP contribution in [0.3, 0.4) is 0 Å². The van der Waals surface area contributed by atoms with Crippen LogP contribution in [0.15, 0.2) is 147 Å². The van der Waals surface area contributed by atoms with Crippen molar-refractivity contribution in [2.75, 3.05) is 97.6 Å². The summed E-state index contributed by atoms with van der Waals surface area (Å²) in [7, 11) is 7.47. The van der Waals surface area contributed by atoms with Crippen LogP contribution < -0.4 is 9.64 Å². The van der Waals surface area contributed by atoms with E-state index in [1.54, 1.807) is 37.2 Å². The van der Waals surface area contributed by atoms with Crippen molar-refractivity contribution in [3.05, 3.63) is 214 Å². The van der Waals surface area contributed by atoms with E-state index in [1.807, 2.05) is 108 Å². The lowest BCUT2D eigenvalue weighted by molar-refractivity contribution is -0.132. The summed E-state index contributed by atoms with van der Waals surface area (Å²) >= 11 is 0. The van der Waals surface area contributed by atoms with E-state index in [2.05, 4.69) is 158 Å². The van der Waals surface area contributed by atoms with Crippen molar-refractivity contribution >= 4 is 62.0 Å². The maximum Gasteiger partial charge on any atom is 0.222 e. The number of methoxy groups -OCH3 is 1. The van der Waals surface area contributed by atoms with Crippen molar-refractivity contribution in [3.8, 4) is 68.1 Å². The first kappa shape index (κ1) is 91.8. The molecule has 9 aliphatic rings. The van der Waals surface area contributed by atoms with Gasteiger partial charge in [0, 0.05) is 287 Å². The Morgan fingerprint density at radius 1 is 0.417 bits per heavy atom. The average Bonchev–Trinajstić information content (AvgIpc) is 1.57. The third kappa shape index (κ3) is 18.3. The van der Waals surface area contributed by atoms with Crippen molar-refractivity contribution in [3.63, 3.8) is 0 Å². The Morgan fingerprint density at radius 3 is 1.33 bits per heavy atom. The first-order chi connectivity index (χ1) is 67.7. The molecule has 4 amide bonds. The Labute approximate surface area is 808 Å². The number of anilines is 1. The Bertz CT molecular complexity index is 7080. The van der Waals surface area contributed by atoms with Gasteiger partial charge in [0.1, 0.15) is 5.75 Å². The topological polar surface area (TPSA) is 296 Å². The first-order valence-corrected chi connectivity index (χ1v) is 49.5. The predicted octanol–water partition coefficient (Wildman–Crippen LogP) is 15.0. The minimum absolute atomic E-state index is 0.104. The monoisotopic (exact) mass is 1880 g/mol. The smallest absolute Gasteiger partial charge is 0.222 e. The zero-order valence-electron chi connectivity index (χ0n) is 81.4. The van der Waals surface area contributed by atoms with E-state index < -0.39 is 0 Å². The van der Waals surface area contributed by atoms with E-state index in [9.17, 15) is 19.2 Å². The summed E-state index contributed by atoms with van der Waals surface area (Å²) in [4.78, 5) is 69.1. The third-order valence-corrected chi connectivity index (χ3v) is 29.7. The summed E-state index contributed by atoms with van der Waals surface area (Å²) in [5.74, 6) is 4.15. The summed E-state index contributed by atoms with van der Waals surface area (Å²) in [5.41, 5.74) is 27.4. The summed E-state index contributed by atoms with van der Waals surface area (Å²) in [6.45, 7) is 24.6. The number of aryl methyl sites for hydroxylation is 5. The third-order valence-electron chi connectivity index (χ3n) is 29.7. The normalized spacial score (nSPS) is 17.2. The lowest BCUT2D eigenvalue weighted by Gasteiger charge is -2.30. The van der Waals surface area contributed by atoms with Crippen molar-refractivity contribution in [2.24, 2.45) is 21.1 Å². The maximum atomic E-state index is 12.6. The van der Waals surface area contributed by atoms with Crippen molar-refractivity contribution in [1.82, 2.24) is 112 Å². The summed E-state index contributed by atoms with van der Waals surface area (Å²) in [6.07, 6.45) is 31.4. The fourth-order valence-electron chi connectivity index (χ4n) is 22.2. The molecule has 0 saturated carbocycles. The molecule has 3 aromatic carbocycles. The highest BCUT2D eigenvalue weighted by molar-refractivity contribution is 5.90. The number of carbonyl (C=O) groups excluding carboxylic acids is 4. The van der Waals surface area contributed by atoms with Gasteiger partial charge in [-0.05, 0) is 149 Å². The number of pyridine rings is 2. The SMILES string of the molecule is CC(=O)N1CCc2c(c(-c3cccc4c3CCCN(c3cnn(C)c3)C4)nn2C2CCOCC2)C1.CC(=O)N1CCc2c(c(-n3c(C)cc4cc(-c5cnn(C)c5)ncc43)nn2C2CCOCC2)C1.CCC(=O)N1CCc2c(c(-n3c(C)cc4cc(-c5cnn(C)c5)ncc43)nn2C2CCOCC2)C1.COc1ccc(-c2ccc3ccn(-c4nn(C5CCOCC5)c5c4CN(C(C)=O)CC5)c3c2)cc1. The molecular weight excluding hydrogens is 1750 g/mol. The Balaban J connectivity index is 0.000000110. The molecule has 15 aromatic rings. The number of rotatable bonds is 14. The van der Waals surface area contributed by atoms with Gasteiger partial charge in [-0.3, -0.25) is 75.6 Å². The van der Waals surface area contributed by atoms with Crippen LogP contribution in [0.25, 0.3) is 95.1 Å². The highest BCUT2D eigenvalue weighted by Crippen LogP contribution is 2.43. The zero-order valence-corrected chi connectivity index (χ0v) is 81.4. The molecule has 0 bridgehead atoms. The van der Waals surface area contributed by atoms with Gasteiger partial charge in [-0.1, -0.05) is 49.4 Å². The van der Waals surface area contributed by atoms with Crippen LogP contribution in [-0.2, 0) is 124 Å². The van der Waals surface area contributed by atoms with Gasteiger partial charge in [-0.15, -0.1) is 0 Å². The molecule has 0 radical (unpaired) electrons. The highest BCUT2D eigenvalue weighted by Gasteiger charge is 2.38. The van der Waals surface area contributed by atoms with Gasteiger partial charge in [0.25, 0.3) is 0 Å². The average molecular weight is 1880 g/mol. The molecule has 0 unspecified atom stereocenters. The molecule has 12 aromatic heterocycles. The number of fused-ring (bicyclic) bond motifs is 8. The van der Waals surface area contributed by atoms with E-state index in [0.717, 1.165) is 305 Å². The van der Waals surface area contributed by atoms with E-state index >= 15 is 0 Å². The standard InChI is InChI=1S/C28H30N4O3.C27H34N6O2.C26H31N7O2.C25H29N7O2/c1-19(33)30-13-10-26-25(18-30)28(29-32(26)23-11-15-35-16-12-23)31-14-9-21-3-4-22(17-27(21)31)20-5-7-24(34-2)8-6-20;1-19(34)31-12-8-26-25(18-31)27(29-33(26)21-9-13-35-14-10-21)24-6-3-5-20-16-32(11-4-7-23(20)24)22-15-28-30(2)17-22;1-4-25(34)31-8-5-23-21(16-31)26(29-33(23)20-6-9-35-10-7-20)32-17(2)11-18-12-22(27-14-24(18)32)19-13-28-30(3)15-19;1-16-10-18-11-22(19-12-27-29(3)14-19)26-13-24(18)31(16)25-21-15-30(17(2)33)7-4-23(21)32(28-25)20-5-8-34-9-6-20/h3-9,14,17,23H,10-13,15-16,18H2,1-2H3;3,5-6,15,17,21H,4,7-14,16,18H2,1-2H3;11-15,20H,4-10,16H2,1-3H3;10-14,20H,4-9,15H2,1-3H3. The number of amides is 4. The van der Waals surface area contributed by atoms with Gasteiger partial charge < -0.3 is 48.2 Å². The van der Waals surface area contributed by atoms with Crippen molar-refractivity contribution < 1.29 is 42.9 Å². The first-order valence-electron chi connectivity index (χ1n) is 49.5. The van der Waals surface area contributed by atoms with E-state index in [4.69, 9.17) is 54.0 Å². The molecule has 9 aliphatic heterocycles. The zero-order chi connectivity index (χ0) is 95.4. The molecule has 4 saturated heterocycles. The van der Waals surface area contributed by atoms with Crippen molar-refractivity contribution in [2.45, 2.75) is 195 Å². The quantitative estimate of drug-likeness (QED) is 0.0977. The van der Waals surface area contributed by atoms with E-state index in [-0.39, 0.29) is 23.6 Å². The minimum atomic E-state index is 0.104. The molecule has 139 heavy (non-hydrogen) atoms. The highest BCUT2D eigenvalue weighted by atomic mass is 16.5. The Kier molecular flexibility index (Phi) is 26.0. The number of nitrogens with zero attached hydrogens (tertiary/aromatic N) is 24. The Hall–Kier alpha value is -13.6. The number of hydrogen-bond donors (Lipinski definition) is 0. The molecule has 0 atom stereocenters. The van der Waals surface area contributed by atoms with Crippen LogP contribution >= 0.6 is 0 Å². The second-order valence-electron chi connectivity index (χ2n) is 38.5. The van der Waals surface area contributed by atoms with Gasteiger partial charge in [-0.2, -0.15) is 35.7 Å². The van der Waals surface area contributed by atoms with Crippen LogP contribution in [0.2, 0.25) is 0 Å². The molecule has 722 valence electrons. The maximum absolute atomic E-state index is 12.6. The lowest BCUT2D eigenvalue weighted by Crippen LogP contribution is -2.36. The second-order valence-corrected chi connectivity index (χ2v) is 38.5. The fraction of sp³-hybridized carbons (Fsp3) is 0.443. The predicted molar refractivity (Wildman–Crippen MR) is 529 cm³/mol. The molecule has 33 nitrogen and oxygen atoms in total. The van der Waals surface area contributed by atoms with E-state index in [0.29, 0.717) is 56.8 Å².